The molecule has 1 atom stereocenters. The number of aryl methyl sites for hydroxylation is 1. The third-order valence-corrected chi connectivity index (χ3v) is 10.4. The number of hydrogen-bond acceptors (Lipinski definition) is 4. The molecule has 2 amide bonds. The van der Waals surface area contributed by atoms with Crippen molar-refractivity contribution in [3.8, 4) is 0 Å². The zero-order chi connectivity index (χ0) is 31.3. The minimum atomic E-state index is -4.30. The monoisotopic (exact) mass is 683 g/mol. The van der Waals surface area contributed by atoms with Gasteiger partial charge in [-0.15, -0.1) is 0 Å². The number of carbonyl (C=O) groups is 2. The Bertz CT molecular complexity index is 1580. The zero-order valence-electron chi connectivity index (χ0n) is 23.8. The van der Waals surface area contributed by atoms with Crippen molar-refractivity contribution in [2.24, 2.45) is 0 Å². The van der Waals surface area contributed by atoms with Gasteiger partial charge in [-0.25, -0.2) is 8.42 Å². The second-order valence-electron chi connectivity index (χ2n) is 10.6. The predicted molar refractivity (Wildman–Crippen MR) is 174 cm³/mol. The van der Waals surface area contributed by atoms with Gasteiger partial charge in [0.15, 0.2) is 0 Å². The van der Waals surface area contributed by atoms with Gasteiger partial charge >= 0.3 is 0 Å². The lowest BCUT2D eigenvalue weighted by Gasteiger charge is -2.34. The van der Waals surface area contributed by atoms with Crippen molar-refractivity contribution in [3.05, 3.63) is 91.9 Å². The van der Waals surface area contributed by atoms with Gasteiger partial charge in [-0.3, -0.25) is 13.9 Å². The molecule has 4 rings (SSSR count). The molecule has 3 aromatic carbocycles. The Kier molecular flexibility index (Phi) is 11.3. The minimum Gasteiger partial charge on any atom is -0.352 e. The average molecular weight is 686 g/mol. The molecule has 0 bridgehead atoms. The molecule has 0 unspecified atom stereocenters. The van der Waals surface area contributed by atoms with E-state index in [1.165, 1.54) is 35.2 Å². The van der Waals surface area contributed by atoms with E-state index in [0.717, 1.165) is 35.6 Å². The summed E-state index contributed by atoms with van der Waals surface area (Å²) in [5.74, 6) is -0.923. The molecule has 43 heavy (non-hydrogen) atoms. The first-order valence-electron chi connectivity index (χ1n) is 14.0. The van der Waals surface area contributed by atoms with E-state index < -0.39 is 28.5 Å². The maximum Gasteiger partial charge on any atom is 0.264 e. The Labute approximate surface area is 273 Å². The fourth-order valence-electron chi connectivity index (χ4n) is 5.15. The van der Waals surface area contributed by atoms with E-state index in [-0.39, 0.29) is 45.5 Å². The molecule has 0 spiro atoms. The summed E-state index contributed by atoms with van der Waals surface area (Å²) in [5, 5.41) is 4.15. The summed E-state index contributed by atoms with van der Waals surface area (Å²) in [6, 6.07) is 14.7. The van der Waals surface area contributed by atoms with E-state index in [2.05, 4.69) is 5.32 Å². The van der Waals surface area contributed by atoms with Crippen molar-refractivity contribution in [2.45, 2.75) is 69.5 Å². The van der Waals surface area contributed by atoms with Gasteiger partial charge in [-0.2, -0.15) is 0 Å². The molecule has 3 aromatic rings. The SMILES string of the molecule is CC[C@@H](C(=O)NC1CCCC1)N(Cc1ccc(Cl)cc1Cl)C(=O)CN(c1cc(Cl)ccc1Cl)S(=O)(=O)c1ccc(C)cc1. The van der Waals surface area contributed by atoms with E-state index in [0.29, 0.717) is 15.6 Å². The first kappa shape index (κ1) is 33.4. The Morgan fingerprint density at radius 2 is 1.53 bits per heavy atom. The van der Waals surface area contributed by atoms with Crippen LogP contribution in [0.15, 0.2) is 65.6 Å². The maximum atomic E-state index is 14.3. The standard InChI is InChI=1S/C31H33Cl4N3O4S/c1-3-28(31(40)36-24-6-4-5-7-24)37(18-21-10-11-22(32)16-27(21)35)30(39)19-38(29-17-23(33)12-15-26(29)34)43(41,42)25-13-8-20(2)9-14-25/h8-17,24,28H,3-7,18-19H2,1-2H3,(H,36,40)/t28-/m0/s1. The van der Waals surface area contributed by atoms with E-state index in [9.17, 15) is 18.0 Å². The van der Waals surface area contributed by atoms with Gasteiger partial charge in [0.25, 0.3) is 10.0 Å². The number of rotatable bonds is 11. The molecule has 0 aromatic heterocycles. The molecule has 1 aliphatic carbocycles. The molecule has 1 N–H and O–H groups in total. The third-order valence-electron chi connectivity index (χ3n) is 7.51. The van der Waals surface area contributed by atoms with Crippen molar-refractivity contribution >= 4 is 73.9 Å². The highest BCUT2D eigenvalue weighted by atomic mass is 35.5. The van der Waals surface area contributed by atoms with Crippen molar-refractivity contribution in [2.75, 3.05) is 10.8 Å². The summed E-state index contributed by atoms with van der Waals surface area (Å²) >= 11 is 25.3. The van der Waals surface area contributed by atoms with Gasteiger partial charge < -0.3 is 10.2 Å². The molecule has 0 saturated heterocycles. The van der Waals surface area contributed by atoms with Crippen molar-refractivity contribution in [1.82, 2.24) is 10.2 Å². The Hall–Kier alpha value is -2.49. The van der Waals surface area contributed by atoms with Crippen molar-refractivity contribution in [3.63, 3.8) is 0 Å². The fraction of sp³-hybridized carbons (Fsp3) is 0.355. The van der Waals surface area contributed by atoms with Crippen LogP contribution in [-0.2, 0) is 26.2 Å². The van der Waals surface area contributed by atoms with Gasteiger partial charge in [0, 0.05) is 27.7 Å². The molecular weight excluding hydrogens is 652 g/mol. The third kappa shape index (κ3) is 8.17. The molecule has 0 radical (unpaired) electrons. The summed E-state index contributed by atoms with van der Waals surface area (Å²) in [6.07, 6.45) is 4.08. The average Bonchev–Trinajstić information content (AvgIpc) is 3.47. The van der Waals surface area contributed by atoms with E-state index >= 15 is 0 Å². The molecule has 12 heteroatoms. The van der Waals surface area contributed by atoms with Crippen LogP contribution in [0.2, 0.25) is 20.1 Å². The van der Waals surface area contributed by atoms with Gasteiger partial charge in [-0.1, -0.05) is 89.9 Å². The van der Waals surface area contributed by atoms with Crippen LogP contribution in [0.3, 0.4) is 0 Å². The Morgan fingerprint density at radius 1 is 0.907 bits per heavy atom. The van der Waals surface area contributed by atoms with Crippen LogP contribution in [0.4, 0.5) is 5.69 Å². The van der Waals surface area contributed by atoms with E-state index in [1.54, 1.807) is 37.3 Å². The quantitative estimate of drug-likeness (QED) is 0.225. The lowest BCUT2D eigenvalue weighted by Crippen LogP contribution is -2.53. The Morgan fingerprint density at radius 3 is 2.16 bits per heavy atom. The number of hydrogen-bond donors (Lipinski definition) is 1. The highest BCUT2D eigenvalue weighted by Crippen LogP contribution is 2.34. The largest absolute Gasteiger partial charge is 0.352 e. The van der Waals surface area contributed by atoms with Crippen LogP contribution in [0.25, 0.3) is 0 Å². The van der Waals surface area contributed by atoms with Crippen LogP contribution in [0.5, 0.6) is 0 Å². The molecule has 1 saturated carbocycles. The number of carbonyl (C=O) groups excluding carboxylic acids is 2. The van der Waals surface area contributed by atoms with E-state index in [1.807, 2.05) is 6.92 Å². The van der Waals surface area contributed by atoms with Crippen LogP contribution >= 0.6 is 46.4 Å². The number of sulfonamides is 1. The van der Waals surface area contributed by atoms with Crippen LogP contribution in [0.1, 0.15) is 50.2 Å². The van der Waals surface area contributed by atoms with Gasteiger partial charge in [-0.05, 0) is 74.2 Å². The number of amides is 2. The number of benzene rings is 3. The molecule has 0 aliphatic heterocycles. The summed E-state index contributed by atoms with van der Waals surface area (Å²) in [4.78, 5) is 29.2. The highest BCUT2D eigenvalue weighted by Gasteiger charge is 2.35. The smallest absolute Gasteiger partial charge is 0.264 e. The lowest BCUT2D eigenvalue weighted by molar-refractivity contribution is -0.140. The molecule has 0 heterocycles. The topological polar surface area (TPSA) is 86.8 Å². The van der Waals surface area contributed by atoms with Crippen LogP contribution < -0.4 is 9.62 Å². The fourth-order valence-corrected chi connectivity index (χ4v) is 7.48. The first-order valence-corrected chi connectivity index (χ1v) is 16.9. The first-order chi connectivity index (χ1) is 20.4. The molecule has 1 aliphatic rings. The number of nitrogens with zero attached hydrogens (tertiary/aromatic N) is 2. The van der Waals surface area contributed by atoms with Crippen molar-refractivity contribution in [1.29, 1.82) is 0 Å². The number of anilines is 1. The summed E-state index contributed by atoms with van der Waals surface area (Å²) in [7, 11) is -4.30. The van der Waals surface area contributed by atoms with Gasteiger partial charge in [0.1, 0.15) is 12.6 Å². The Balaban J connectivity index is 1.76. The second-order valence-corrected chi connectivity index (χ2v) is 14.1. The van der Waals surface area contributed by atoms with Crippen LogP contribution in [0, 0.1) is 6.92 Å². The molecule has 7 nitrogen and oxygen atoms in total. The maximum absolute atomic E-state index is 14.3. The molecule has 230 valence electrons. The van der Waals surface area contributed by atoms with E-state index in [4.69, 9.17) is 46.4 Å². The van der Waals surface area contributed by atoms with Gasteiger partial charge in [0.05, 0.1) is 15.6 Å². The summed E-state index contributed by atoms with van der Waals surface area (Å²) in [5.41, 5.74) is 1.46. The van der Waals surface area contributed by atoms with Crippen molar-refractivity contribution < 1.29 is 18.0 Å². The molecular formula is C31H33Cl4N3O4S. The lowest BCUT2D eigenvalue weighted by atomic mass is 10.1. The normalized spacial score (nSPS) is 14.4. The summed E-state index contributed by atoms with van der Waals surface area (Å²) in [6.45, 7) is 2.95. The highest BCUT2D eigenvalue weighted by molar-refractivity contribution is 7.92. The number of halogens is 4. The van der Waals surface area contributed by atoms with Crippen LogP contribution in [-0.4, -0.2) is 43.8 Å². The minimum absolute atomic E-state index is 0.0275. The van der Waals surface area contributed by atoms with Gasteiger partial charge in [0.2, 0.25) is 11.8 Å². The second kappa shape index (κ2) is 14.5. The predicted octanol–water partition coefficient (Wildman–Crippen LogP) is 7.67. The summed E-state index contributed by atoms with van der Waals surface area (Å²) < 4.78 is 29.1. The molecule has 1 fully saturated rings. The zero-order valence-corrected chi connectivity index (χ0v) is 27.7. The number of nitrogens with one attached hydrogen (secondary N) is 1.